The molecule has 0 heterocycles. The molecule has 0 bridgehead atoms. The molecule has 0 spiro atoms. The summed E-state index contributed by atoms with van der Waals surface area (Å²) in [6.45, 7) is 11.9. The summed E-state index contributed by atoms with van der Waals surface area (Å²) in [5, 5.41) is 9.81. The SMILES string of the molecule is CCC.CCC.CCCCCCCCCCCCCCCC(=O)NCCN.CO. The van der Waals surface area contributed by atoms with Crippen LogP contribution in [0.15, 0.2) is 0 Å². The maximum Gasteiger partial charge on any atom is 0.220 e. The largest absolute Gasteiger partial charge is 0.400 e. The minimum absolute atomic E-state index is 0.156. The van der Waals surface area contributed by atoms with Crippen LogP contribution in [0.5, 0.6) is 0 Å². The van der Waals surface area contributed by atoms with Crippen molar-refractivity contribution in [2.75, 3.05) is 20.2 Å². The normalized spacial score (nSPS) is 9.24. The predicted molar refractivity (Wildman–Crippen MR) is 132 cm³/mol. The lowest BCUT2D eigenvalue weighted by atomic mass is 10.0. The lowest BCUT2D eigenvalue weighted by Gasteiger charge is -2.04. The Hall–Kier alpha value is -0.610. The van der Waals surface area contributed by atoms with Crippen molar-refractivity contribution in [1.82, 2.24) is 5.32 Å². The van der Waals surface area contributed by atoms with Gasteiger partial charge in [-0.15, -0.1) is 0 Å². The first-order valence-corrected chi connectivity index (χ1v) is 12.6. The second kappa shape index (κ2) is 41.7. The van der Waals surface area contributed by atoms with E-state index in [9.17, 15) is 4.79 Å². The van der Waals surface area contributed by atoms with Crippen LogP contribution < -0.4 is 11.1 Å². The zero-order valence-electron chi connectivity index (χ0n) is 21.2. The van der Waals surface area contributed by atoms with Gasteiger partial charge in [0, 0.05) is 26.6 Å². The Labute approximate surface area is 184 Å². The molecule has 0 radical (unpaired) electrons. The molecule has 0 aromatic heterocycles. The van der Waals surface area contributed by atoms with Crippen molar-refractivity contribution in [2.24, 2.45) is 5.73 Å². The number of unbranched alkanes of at least 4 members (excludes halogenated alkanes) is 12. The van der Waals surface area contributed by atoms with E-state index in [4.69, 9.17) is 10.8 Å². The lowest BCUT2D eigenvalue weighted by Crippen LogP contribution is -2.28. The van der Waals surface area contributed by atoms with Gasteiger partial charge in [0.25, 0.3) is 0 Å². The second-order valence-corrected chi connectivity index (χ2v) is 7.55. The van der Waals surface area contributed by atoms with Gasteiger partial charge in [0.2, 0.25) is 5.91 Å². The Morgan fingerprint density at radius 2 is 0.966 bits per heavy atom. The molecule has 0 unspecified atom stereocenters. The first-order valence-electron chi connectivity index (χ1n) is 12.6. The fourth-order valence-corrected chi connectivity index (χ4v) is 2.60. The number of hydrogen-bond acceptors (Lipinski definition) is 3. The number of amides is 1. The van der Waals surface area contributed by atoms with E-state index >= 15 is 0 Å². The summed E-state index contributed by atoms with van der Waals surface area (Å²) in [6.07, 6.45) is 20.6. The van der Waals surface area contributed by atoms with Gasteiger partial charge < -0.3 is 16.2 Å². The van der Waals surface area contributed by atoms with Crippen LogP contribution in [-0.4, -0.2) is 31.2 Å². The summed E-state index contributed by atoms with van der Waals surface area (Å²) in [5.74, 6) is 0.156. The fraction of sp³-hybridized carbons (Fsp3) is 0.960. The van der Waals surface area contributed by atoms with E-state index in [0.29, 0.717) is 19.5 Å². The molecule has 0 aromatic rings. The summed E-state index contributed by atoms with van der Waals surface area (Å²) in [5.41, 5.74) is 5.34. The van der Waals surface area contributed by atoms with Crippen molar-refractivity contribution in [3.63, 3.8) is 0 Å². The Morgan fingerprint density at radius 1 is 0.655 bits per heavy atom. The molecule has 0 saturated heterocycles. The van der Waals surface area contributed by atoms with Crippen LogP contribution in [0.1, 0.15) is 137 Å². The van der Waals surface area contributed by atoms with E-state index in [1.807, 2.05) is 0 Å². The molecule has 4 heteroatoms. The first kappa shape index (κ1) is 35.8. The first-order chi connectivity index (χ1) is 14.1. The van der Waals surface area contributed by atoms with Crippen LogP contribution in [0, 0.1) is 0 Å². The molecule has 0 aliphatic rings. The number of carbonyl (C=O) groups excluding carboxylic acids is 1. The number of carbonyl (C=O) groups is 1. The van der Waals surface area contributed by atoms with Crippen molar-refractivity contribution in [3.05, 3.63) is 0 Å². The fourth-order valence-electron chi connectivity index (χ4n) is 2.60. The van der Waals surface area contributed by atoms with Crippen LogP contribution >= 0.6 is 0 Å². The molecule has 0 aliphatic carbocycles. The maximum absolute atomic E-state index is 11.3. The quantitative estimate of drug-likeness (QED) is 0.236. The summed E-state index contributed by atoms with van der Waals surface area (Å²) < 4.78 is 0. The second-order valence-electron chi connectivity index (χ2n) is 7.55. The molecule has 0 atom stereocenters. The minimum atomic E-state index is 0.156. The van der Waals surface area contributed by atoms with Gasteiger partial charge in [-0.25, -0.2) is 0 Å². The van der Waals surface area contributed by atoms with E-state index in [1.165, 1.54) is 89.9 Å². The van der Waals surface area contributed by atoms with Crippen LogP contribution in [-0.2, 0) is 4.79 Å². The Morgan fingerprint density at radius 3 is 1.28 bits per heavy atom. The highest BCUT2D eigenvalue weighted by Crippen LogP contribution is 2.12. The molecular weight excluding hydrogens is 360 g/mol. The molecule has 4 N–H and O–H groups in total. The van der Waals surface area contributed by atoms with Crippen LogP contribution in [0.4, 0.5) is 0 Å². The molecule has 0 saturated carbocycles. The Balaban J connectivity index is -0.000000336. The van der Waals surface area contributed by atoms with E-state index in [-0.39, 0.29) is 5.91 Å². The Bertz CT molecular complexity index is 247. The minimum Gasteiger partial charge on any atom is -0.400 e. The average molecular weight is 419 g/mol. The molecule has 0 fully saturated rings. The topological polar surface area (TPSA) is 75.4 Å². The van der Waals surface area contributed by atoms with Crippen LogP contribution in [0.3, 0.4) is 0 Å². The molecule has 1 amide bonds. The van der Waals surface area contributed by atoms with Gasteiger partial charge in [0.05, 0.1) is 0 Å². The number of nitrogens with two attached hydrogens (primary N) is 1. The molecule has 0 rings (SSSR count). The van der Waals surface area contributed by atoms with Crippen molar-refractivity contribution >= 4 is 5.91 Å². The predicted octanol–water partition coefficient (Wildman–Crippen LogP) is 6.98. The number of aliphatic hydroxyl groups is 1. The monoisotopic (exact) mass is 418 g/mol. The van der Waals surface area contributed by atoms with Gasteiger partial charge in [0.15, 0.2) is 0 Å². The number of nitrogens with one attached hydrogen (secondary N) is 1. The van der Waals surface area contributed by atoms with Crippen LogP contribution in [0.25, 0.3) is 0 Å². The summed E-state index contributed by atoms with van der Waals surface area (Å²) in [6, 6.07) is 0. The highest BCUT2D eigenvalue weighted by atomic mass is 16.2. The van der Waals surface area contributed by atoms with E-state index in [0.717, 1.165) is 13.5 Å². The van der Waals surface area contributed by atoms with Crippen molar-refractivity contribution < 1.29 is 9.90 Å². The highest BCUT2D eigenvalue weighted by molar-refractivity contribution is 5.75. The molecule has 4 nitrogen and oxygen atoms in total. The van der Waals surface area contributed by atoms with E-state index in [2.05, 4.69) is 39.9 Å². The Kier molecular flexibility index (Phi) is 51.5. The van der Waals surface area contributed by atoms with Crippen molar-refractivity contribution in [3.8, 4) is 0 Å². The average Bonchev–Trinajstić information content (AvgIpc) is 2.72. The van der Waals surface area contributed by atoms with Gasteiger partial charge >= 0.3 is 0 Å². The van der Waals surface area contributed by atoms with Gasteiger partial charge in [-0.1, -0.05) is 125 Å². The number of rotatable bonds is 16. The smallest absolute Gasteiger partial charge is 0.220 e. The molecule has 0 aliphatic heterocycles. The summed E-state index contributed by atoms with van der Waals surface area (Å²) >= 11 is 0. The van der Waals surface area contributed by atoms with Crippen molar-refractivity contribution in [1.29, 1.82) is 0 Å². The molecule has 0 aromatic carbocycles. The van der Waals surface area contributed by atoms with Crippen LogP contribution in [0.2, 0.25) is 0 Å². The highest BCUT2D eigenvalue weighted by Gasteiger charge is 1.99. The number of hydrogen-bond donors (Lipinski definition) is 3. The van der Waals surface area contributed by atoms with E-state index < -0.39 is 0 Å². The van der Waals surface area contributed by atoms with Gasteiger partial charge in [-0.2, -0.15) is 0 Å². The standard InChI is InChI=1S/C18H38N2O.2C3H8.CH4O/c1-2-3-4-5-6-7-8-9-10-11-12-13-14-15-18(21)20-17-16-19;2*1-3-2;1-2/h2-17,19H2,1H3,(H,20,21);2*3H2,1-2H3;2H,1H3. The summed E-state index contributed by atoms with van der Waals surface area (Å²) in [7, 11) is 1.00. The van der Waals surface area contributed by atoms with Gasteiger partial charge in [-0.3, -0.25) is 4.79 Å². The molecular formula is C25H58N2O2. The lowest BCUT2D eigenvalue weighted by molar-refractivity contribution is -0.121. The van der Waals surface area contributed by atoms with E-state index in [1.54, 1.807) is 0 Å². The third-order valence-electron chi connectivity index (χ3n) is 3.97. The maximum atomic E-state index is 11.3. The molecule has 180 valence electrons. The third-order valence-corrected chi connectivity index (χ3v) is 3.97. The molecule has 29 heavy (non-hydrogen) atoms. The zero-order chi connectivity index (χ0) is 23.0. The van der Waals surface area contributed by atoms with Gasteiger partial charge in [0.1, 0.15) is 0 Å². The van der Waals surface area contributed by atoms with Crippen molar-refractivity contribution in [2.45, 2.75) is 137 Å². The summed E-state index contributed by atoms with van der Waals surface area (Å²) in [4.78, 5) is 11.3. The third kappa shape index (κ3) is 52.2. The number of aliphatic hydroxyl groups excluding tert-OH is 1. The zero-order valence-corrected chi connectivity index (χ0v) is 21.2. The van der Waals surface area contributed by atoms with Gasteiger partial charge in [-0.05, 0) is 6.42 Å².